The Bertz CT molecular complexity index is 1160. The number of halogens is 1. The van der Waals surface area contributed by atoms with Gasteiger partial charge in [-0.25, -0.2) is 19.3 Å². The summed E-state index contributed by atoms with van der Waals surface area (Å²) >= 11 is 0. The third-order valence-electron chi connectivity index (χ3n) is 3.88. The van der Waals surface area contributed by atoms with Gasteiger partial charge in [0.1, 0.15) is 18.0 Å². The number of anilines is 1. The van der Waals surface area contributed by atoms with E-state index in [2.05, 4.69) is 15.0 Å². The molecule has 1 aromatic carbocycles. The number of rotatable bonds is 2. The summed E-state index contributed by atoms with van der Waals surface area (Å²) < 4.78 is 16.9. The van der Waals surface area contributed by atoms with Crippen molar-refractivity contribution in [2.75, 3.05) is 5.73 Å². The minimum absolute atomic E-state index is 0.144. The summed E-state index contributed by atoms with van der Waals surface area (Å²) in [4.78, 5) is 24.4. The summed E-state index contributed by atoms with van der Waals surface area (Å²) in [5.41, 5.74) is 7.88. The van der Waals surface area contributed by atoms with Crippen LogP contribution in [-0.2, 0) is 7.05 Å². The Morgan fingerprint density at radius 2 is 2.00 bits per heavy atom. The van der Waals surface area contributed by atoms with Crippen LogP contribution in [0.15, 0.2) is 53.7 Å². The molecule has 0 aliphatic heterocycles. The molecule has 7 nitrogen and oxygen atoms in total. The predicted octanol–water partition coefficient (Wildman–Crippen LogP) is 1.90. The van der Waals surface area contributed by atoms with Crippen molar-refractivity contribution in [2.45, 2.75) is 0 Å². The third kappa shape index (κ3) is 2.44. The first kappa shape index (κ1) is 15.0. The van der Waals surface area contributed by atoms with E-state index in [0.717, 1.165) is 0 Å². The number of hydrogen-bond acceptors (Lipinski definition) is 5. The number of fused-ring (bicyclic) bond motifs is 1. The number of aryl methyl sites for hydroxylation is 1. The molecule has 25 heavy (non-hydrogen) atoms. The molecule has 0 saturated heterocycles. The van der Waals surface area contributed by atoms with Crippen molar-refractivity contribution in [1.29, 1.82) is 0 Å². The Kier molecular flexibility index (Phi) is 3.31. The van der Waals surface area contributed by atoms with E-state index in [9.17, 15) is 9.18 Å². The third-order valence-corrected chi connectivity index (χ3v) is 3.88. The summed E-state index contributed by atoms with van der Waals surface area (Å²) in [5.74, 6) is 0.308. The van der Waals surface area contributed by atoms with E-state index in [1.165, 1.54) is 29.1 Å². The van der Waals surface area contributed by atoms with Gasteiger partial charge >= 0.3 is 0 Å². The normalized spacial score (nSPS) is 11.1. The van der Waals surface area contributed by atoms with Gasteiger partial charge in [0, 0.05) is 24.9 Å². The van der Waals surface area contributed by atoms with Crippen molar-refractivity contribution in [3.8, 4) is 17.1 Å². The molecule has 0 amide bonds. The average Bonchev–Trinajstić information content (AvgIpc) is 2.98. The van der Waals surface area contributed by atoms with Gasteiger partial charge in [-0.1, -0.05) is 12.1 Å². The molecule has 0 aliphatic rings. The molecule has 0 saturated carbocycles. The van der Waals surface area contributed by atoms with Gasteiger partial charge in [-0.15, -0.1) is 0 Å². The molecule has 4 aromatic rings. The molecular weight excluding hydrogens is 323 g/mol. The topological polar surface area (TPSA) is 91.6 Å². The van der Waals surface area contributed by atoms with Gasteiger partial charge in [0.25, 0.3) is 0 Å². The number of pyridine rings is 1. The monoisotopic (exact) mass is 336 g/mol. The molecular formula is C17H13FN6O. The summed E-state index contributed by atoms with van der Waals surface area (Å²) in [7, 11) is 1.65. The summed E-state index contributed by atoms with van der Waals surface area (Å²) in [5, 5.41) is 0. The molecule has 0 fully saturated rings. The maximum Gasteiger partial charge on any atom is 0.250 e. The fourth-order valence-electron chi connectivity index (χ4n) is 2.69. The molecule has 0 atom stereocenters. The van der Waals surface area contributed by atoms with E-state index < -0.39 is 0 Å². The highest BCUT2D eigenvalue weighted by molar-refractivity contribution is 5.87. The smallest absolute Gasteiger partial charge is 0.250 e. The molecule has 3 aromatic heterocycles. The number of nitrogens with zero attached hydrogens (tertiary/aromatic N) is 5. The molecule has 8 heteroatoms. The van der Waals surface area contributed by atoms with E-state index in [1.54, 1.807) is 36.0 Å². The molecule has 0 spiro atoms. The lowest BCUT2D eigenvalue weighted by Gasteiger charge is -2.10. The van der Waals surface area contributed by atoms with Crippen LogP contribution in [0, 0.1) is 5.82 Å². The fourth-order valence-corrected chi connectivity index (χ4v) is 2.69. The van der Waals surface area contributed by atoms with E-state index >= 15 is 0 Å². The lowest BCUT2D eigenvalue weighted by Crippen LogP contribution is -2.15. The highest BCUT2D eigenvalue weighted by Crippen LogP contribution is 2.29. The molecule has 0 aliphatic carbocycles. The van der Waals surface area contributed by atoms with Crippen LogP contribution in [0.25, 0.3) is 28.2 Å². The van der Waals surface area contributed by atoms with E-state index in [-0.39, 0.29) is 17.2 Å². The predicted molar refractivity (Wildman–Crippen MR) is 91.7 cm³/mol. The van der Waals surface area contributed by atoms with Gasteiger partial charge in [-0.05, 0) is 18.2 Å². The average molecular weight is 336 g/mol. The van der Waals surface area contributed by atoms with E-state index in [4.69, 9.17) is 5.73 Å². The Balaban J connectivity index is 2.10. The zero-order chi connectivity index (χ0) is 17.6. The molecule has 2 N–H and O–H groups in total. The van der Waals surface area contributed by atoms with Gasteiger partial charge in [-0.2, -0.15) is 0 Å². The lowest BCUT2D eigenvalue weighted by molar-refractivity contribution is 0.628. The first-order valence-electron chi connectivity index (χ1n) is 7.46. The largest absolute Gasteiger partial charge is 0.382 e. The van der Waals surface area contributed by atoms with E-state index in [0.29, 0.717) is 28.2 Å². The number of benzene rings is 1. The second-order valence-electron chi connectivity index (χ2n) is 5.55. The standard InChI is InChI=1S/C17H13FN6O/c1-23-8-12(5-6-13(23)25)24-16(10-3-2-4-11(18)7-10)22-14-15(19)20-9-21-17(14)24/h2-9H,1H3,(H2,19,20,21). The summed E-state index contributed by atoms with van der Waals surface area (Å²) in [6.45, 7) is 0. The Labute approximate surface area is 141 Å². The van der Waals surface area contributed by atoms with Crippen LogP contribution in [0.3, 0.4) is 0 Å². The maximum atomic E-state index is 13.7. The van der Waals surface area contributed by atoms with Crippen LogP contribution in [0.4, 0.5) is 10.2 Å². The van der Waals surface area contributed by atoms with Gasteiger partial charge in [-0.3, -0.25) is 9.36 Å². The van der Waals surface area contributed by atoms with Crippen LogP contribution in [0.2, 0.25) is 0 Å². The molecule has 4 rings (SSSR count). The highest BCUT2D eigenvalue weighted by Gasteiger charge is 2.18. The number of aromatic nitrogens is 5. The molecule has 0 unspecified atom stereocenters. The van der Waals surface area contributed by atoms with Crippen LogP contribution in [-0.4, -0.2) is 24.1 Å². The quantitative estimate of drug-likeness (QED) is 0.604. The van der Waals surface area contributed by atoms with Gasteiger partial charge in [0.15, 0.2) is 17.0 Å². The highest BCUT2D eigenvalue weighted by atomic mass is 19.1. The number of nitrogens with two attached hydrogens (primary N) is 1. The van der Waals surface area contributed by atoms with Gasteiger partial charge in [0.2, 0.25) is 5.56 Å². The zero-order valence-corrected chi connectivity index (χ0v) is 13.2. The number of hydrogen-bond donors (Lipinski definition) is 1. The van der Waals surface area contributed by atoms with Gasteiger partial charge in [0.05, 0.1) is 5.69 Å². The Morgan fingerprint density at radius 1 is 1.16 bits per heavy atom. The maximum absolute atomic E-state index is 13.7. The first-order valence-corrected chi connectivity index (χ1v) is 7.46. The fraction of sp³-hybridized carbons (Fsp3) is 0.0588. The van der Waals surface area contributed by atoms with Crippen molar-refractivity contribution in [3.63, 3.8) is 0 Å². The number of imidazole rings is 1. The SMILES string of the molecule is Cn1cc(-n2c(-c3cccc(F)c3)nc3c(N)ncnc32)ccc1=O. The zero-order valence-electron chi connectivity index (χ0n) is 13.2. The molecule has 124 valence electrons. The summed E-state index contributed by atoms with van der Waals surface area (Å²) in [6, 6.07) is 9.18. The Morgan fingerprint density at radius 3 is 2.76 bits per heavy atom. The second kappa shape index (κ2) is 5.52. The van der Waals surface area contributed by atoms with Crippen LogP contribution in [0.5, 0.6) is 0 Å². The first-order chi connectivity index (χ1) is 12.0. The van der Waals surface area contributed by atoms with Crippen molar-refractivity contribution >= 4 is 17.0 Å². The molecule has 0 radical (unpaired) electrons. The van der Waals surface area contributed by atoms with Crippen molar-refractivity contribution in [3.05, 3.63) is 65.1 Å². The van der Waals surface area contributed by atoms with Crippen molar-refractivity contribution in [1.82, 2.24) is 24.1 Å². The molecule has 0 bridgehead atoms. The second-order valence-corrected chi connectivity index (χ2v) is 5.55. The van der Waals surface area contributed by atoms with Crippen LogP contribution < -0.4 is 11.3 Å². The minimum atomic E-state index is -0.379. The van der Waals surface area contributed by atoms with Crippen LogP contribution in [0.1, 0.15) is 0 Å². The summed E-state index contributed by atoms with van der Waals surface area (Å²) in [6.07, 6.45) is 3.00. The number of nitrogen functional groups attached to an aromatic ring is 1. The van der Waals surface area contributed by atoms with E-state index in [1.807, 2.05) is 0 Å². The Hall–Kier alpha value is -3.55. The van der Waals surface area contributed by atoms with Gasteiger partial charge < -0.3 is 10.3 Å². The van der Waals surface area contributed by atoms with Crippen molar-refractivity contribution in [2.24, 2.45) is 7.05 Å². The van der Waals surface area contributed by atoms with Crippen molar-refractivity contribution < 1.29 is 4.39 Å². The molecule has 3 heterocycles. The lowest BCUT2D eigenvalue weighted by atomic mass is 10.2. The minimum Gasteiger partial charge on any atom is -0.382 e. The van der Waals surface area contributed by atoms with Crippen LogP contribution >= 0.6 is 0 Å².